The highest BCUT2D eigenvalue weighted by Crippen LogP contribution is 2.26. The summed E-state index contributed by atoms with van der Waals surface area (Å²) in [7, 11) is 1.38. The molecule has 0 aliphatic rings. The van der Waals surface area contributed by atoms with Gasteiger partial charge in [-0.2, -0.15) is 0 Å². The SMILES string of the molecule is CCOc1ccc(-c2nc(C(=O)NC(C(=O)NC)c3ccc(F)c(F)c3)cs2)cc1. The molecule has 0 saturated carbocycles. The number of rotatable bonds is 7. The van der Waals surface area contributed by atoms with Crippen LogP contribution in [0.4, 0.5) is 8.78 Å². The molecule has 0 bridgehead atoms. The number of ether oxygens (including phenoxy) is 1. The van der Waals surface area contributed by atoms with Gasteiger partial charge in [0, 0.05) is 18.0 Å². The van der Waals surface area contributed by atoms with E-state index < -0.39 is 29.5 Å². The van der Waals surface area contributed by atoms with Crippen LogP contribution in [0.3, 0.4) is 0 Å². The first-order valence-corrected chi connectivity index (χ1v) is 9.97. The van der Waals surface area contributed by atoms with E-state index in [1.807, 2.05) is 31.2 Å². The fraction of sp³-hybridized carbons (Fsp3) is 0.190. The molecule has 1 heterocycles. The summed E-state index contributed by atoms with van der Waals surface area (Å²) in [4.78, 5) is 29.2. The molecule has 1 unspecified atom stereocenters. The van der Waals surface area contributed by atoms with Crippen LogP contribution in [0.5, 0.6) is 5.75 Å². The fourth-order valence-electron chi connectivity index (χ4n) is 2.71. The highest BCUT2D eigenvalue weighted by Gasteiger charge is 2.24. The van der Waals surface area contributed by atoms with Crippen molar-refractivity contribution in [3.8, 4) is 16.3 Å². The average molecular weight is 431 g/mol. The molecule has 2 amide bonds. The molecule has 0 aliphatic carbocycles. The van der Waals surface area contributed by atoms with Crippen molar-refractivity contribution in [2.24, 2.45) is 0 Å². The summed E-state index contributed by atoms with van der Waals surface area (Å²) in [6.07, 6.45) is 0. The van der Waals surface area contributed by atoms with E-state index in [9.17, 15) is 18.4 Å². The van der Waals surface area contributed by atoms with Crippen molar-refractivity contribution >= 4 is 23.2 Å². The maximum atomic E-state index is 13.6. The third kappa shape index (κ3) is 4.80. The predicted octanol–water partition coefficient (Wildman–Crippen LogP) is 3.70. The number of amides is 2. The summed E-state index contributed by atoms with van der Waals surface area (Å²) in [5.74, 6) is -2.60. The minimum absolute atomic E-state index is 0.111. The quantitative estimate of drug-likeness (QED) is 0.598. The van der Waals surface area contributed by atoms with Crippen LogP contribution in [-0.4, -0.2) is 30.5 Å². The molecule has 156 valence electrons. The normalized spacial score (nSPS) is 11.6. The smallest absolute Gasteiger partial charge is 0.271 e. The third-order valence-corrected chi connectivity index (χ3v) is 5.10. The summed E-state index contributed by atoms with van der Waals surface area (Å²) in [6, 6.07) is 9.11. The Morgan fingerprint density at radius 3 is 2.50 bits per heavy atom. The minimum atomic E-state index is -1.20. The molecule has 1 atom stereocenters. The lowest BCUT2D eigenvalue weighted by Crippen LogP contribution is -2.39. The van der Waals surface area contributed by atoms with Gasteiger partial charge in [0.15, 0.2) is 11.6 Å². The molecule has 0 saturated heterocycles. The molecule has 0 radical (unpaired) electrons. The van der Waals surface area contributed by atoms with Gasteiger partial charge in [-0.05, 0) is 48.9 Å². The van der Waals surface area contributed by atoms with Gasteiger partial charge in [0.25, 0.3) is 5.91 Å². The van der Waals surface area contributed by atoms with Gasteiger partial charge in [0.2, 0.25) is 5.91 Å². The molecule has 2 aromatic carbocycles. The van der Waals surface area contributed by atoms with E-state index in [1.165, 1.54) is 24.5 Å². The summed E-state index contributed by atoms with van der Waals surface area (Å²) in [5, 5.41) is 7.10. The second kappa shape index (κ2) is 9.45. The second-order valence-corrected chi connectivity index (χ2v) is 7.05. The number of nitrogens with one attached hydrogen (secondary N) is 2. The molecule has 0 spiro atoms. The summed E-state index contributed by atoms with van der Waals surface area (Å²) >= 11 is 1.27. The Hall–Kier alpha value is -3.33. The molecular weight excluding hydrogens is 412 g/mol. The van der Waals surface area contributed by atoms with Crippen LogP contribution in [-0.2, 0) is 4.79 Å². The van der Waals surface area contributed by atoms with Gasteiger partial charge in [-0.25, -0.2) is 13.8 Å². The molecule has 0 fully saturated rings. The van der Waals surface area contributed by atoms with Crippen molar-refractivity contribution < 1.29 is 23.1 Å². The number of hydrogen-bond donors (Lipinski definition) is 2. The minimum Gasteiger partial charge on any atom is -0.494 e. The van der Waals surface area contributed by atoms with E-state index in [2.05, 4.69) is 15.6 Å². The number of benzene rings is 2. The summed E-state index contributed by atoms with van der Waals surface area (Å²) < 4.78 is 32.2. The van der Waals surface area contributed by atoms with Crippen molar-refractivity contribution in [2.45, 2.75) is 13.0 Å². The molecule has 1 aromatic heterocycles. The Bertz CT molecular complexity index is 1050. The molecule has 30 heavy (non-hydrogen) atoms. The molecular formula is C21H19F2N3O3S. The van der Waals surface area contributed by atoms with E-state index in [1.54, 1.807) is 5.38 Å². The Labute approximate surface area is 175 Å². The average Bonchev–Trinajstić information content (AvgIpc) is 3.24. The van der Waals surface area contributed by atoms with E-state index >= 15 is 0 Å². The topological polar surface area (TPSA) is 80.3 Å². The predicted molar refractivity (Wildman–Crippen MR) is 109 cm³/mol. The van der Waals surface area contributed by atoms with Crippen molar-refractivity contribution in [1.82, 2.24) is 15.6 Å². The first-order valence-electron chi connectivity index (χ1n) is 9.09. The fourth-order valence-corrected chi connectivity index (χ4v) is 3.52. The van der Waals surface area contributed by atoms with E-state index in [0.717, 1.165) is 23.4 Å². The monoisotopic (exact) mass is 431 g/mol. The molecule has 3 rings (SSSR count). The van der Waals surface area contributed by atoms with Gasteiger partial charge in [0.1, 0.15) is 22.5 Å². The van der Waals surface area contributed by atoms with Gasteiger partial charge in [0.05, 0.1) is 6.61 Å². The number of carbonyl (C=O) groups excluding carboxylic acids is 2. The van der Waals surface area contributed by atoms with Gasteiger partial charge >= 0.3 is 0 Å². The van der Waals surface area contributed by atoms with E-state index in [-0.39, 0.29) is 11.3 Å². The lowest BCUT2D eigenvalue weighted by atomic mass is 10.1. The number of nitrogens with zero attached hydrogens (tertiary/aromatic N) is 1. The Balaban J connectivity index is 1.79. The van der Waals surface area contributed by atoms with Gasteiger partial charge in [-0.1, -0.05) is 6.07 Å². The van der Waals surface area contributed by atoms with Crippen LogP contribution in [0.25, 0.3) is 10.6 Å². The number of carbonyl (C=O) groups is 2. The summed E-state index contributed by atoms with van der Waals surface area (Å²) in [6.45, 7) is 2.46. The molecule has 9 heteroatoms. The zero-order valence-corrected chi connectivity index (χ0v) is 17.1. The highest BCUT2D eigenvalue weighted by molar-refractivity contribution is 7.13. The van der Waals surface area contributed by atoms with Crippen molar-refractivity contribution in [2.75, 3.05) is 13.7 Å². The zero-order valence-electron chi connectivity index (χ0n) is 16.2. The second-order valence-electron chi connectivity index (χ2n) is 6.19. The Morgan fingerprint density at radius 2 is 1.87 bits per heavy atom. The van der Waals surface area contributed by atoms with Crippen LogP contribution in [0.2, 0.25) is 0 Å². The molecule has 6 nitrogen and oxygen atoms in total. The lowest BCUT2D eigenvalue weighted by molar-refractivity contribution is -0.122. The molecule has 0 aliphatic heterocycles. The van der Waals surface area contributed by atoms with Crippen LogP contribution < -0.4 is 15.4 Å². The molecule has 2 N–H and O–H groups in total. The number of thiazole rings is 1. The van der Waals surface area contributed by atoms with Crippen LogP contribution in [0, 0.1) is 11.6 Å². The van der Waals surface area contributed by atoms with Gasteiger partial charge in [-0.15, -0.1) is 11.3 Å². The summed E-state index contributed by atoms with van der Waals surface area (Å²) in [5.41, 5.74) is 1.04. The third-order valence-electron chi connectivity index (χ3n) is 4.21. The van der Waals surface area contributed by atoms with Crippen LogP contribution in [0.15, 0.2) is 47.8 Å². The highest BCUT2D eigenvalue weighted by atomic mass is 32.1. The standard InChI is InChI=1S/C21H19F2N3O3S/c1-3-29-14-7-4-12(5-8-14)21-25-17(11-30-21)19(27)26-18(20(28)24-2)13-6-9-15(22)16(23)10-13/h4-11,18H,3H2,1-2H3,(H,24,28)(H,26,27). The van der Waals surface area contributed by atoms with E-state index in [0.29, 0.717) is 11.6 Å². The number of likely N-dealkylation sites (N-methyl/N-ethyl adjacent to an activating group) is 1. The first kappa shape index (κ1) is 21.4. The van der Waals surface area contributed by atoms with Crippen molar-refractivity contribution in [3.05, 3.63) is 70.7 Å². The Kier molecular flexibility index (Phi) is 6.73. The number of halogens is 2. The number of hydrogen-bond acceptors (Lipinski definition) is 5. The largest absolute Gasteiger partial charge is 0.494 e. The van der Waals surface area contributed by atoms with E-state index in [4.69, 9.17) is 4.74 Å². The van der Waals surface area contributed by atoms with Gasteiger partial charge in [-0.3, -0.25) is 9.59 Å². The Morgan fingerprint density at radius 1 is 1.13 bits per heavy atom. The van der Waals surface area contributed by atoms with Crippen LogP contribution >= 0.6 is 11.3 Å². The van der Waals surface area contributed by atoms with Crippen molar-refractivity contribution in [3.63, 3.8) is 0 Å². The number of aromatic nitrogens is 1. The maximum Gasteiger partial charge on any atom is 0.271 e. The maximum absolute atomic E-state index is 13.6. The zero-order chi connectivity index (χ0) is 21.7. The lowest BCUT2D eigenvalue weighted by Gasteiger charge is -2.17. The first-order chi connectivity index (χ1) is 14.4. The molecule has 3 aromatic rings. The van der Waals surface area contributed by atoms with Crippen molar-refractivity contribution in [1.29, 1.82) is 0 Å². The van der Waals surface area contributed by atoms with Gasteiger partial charge < -0.3 is 15.4 Å². The van der Waals surface area contributed by atoms with Crippen LogP contribution in [0.1, 0.15) is 29.0 Å².